The molecule has 0 saturated carbocycles. The van der Waals surface area contributed by atoms with Crippen LogP contribution in [0, 0.1) is 0 Å². The van der Waals surface area contributed by atoms with Crippen LogP contribution in [0.3, 0.4) is 0 Å². The number of para-hydroxylation sites is 1. The first-order valence-corrected chi connectivity index (χ1v) is 9.43. The molecule has 0 spiro atoms. The normalized spacial score (nSPS) is 14.8. The van der Waals surface area contributed by atoms with Gasteiger partial charge in [0.2, 0.25) is 10.0 Å². The van der Waals surface area contributed by atoms with E-state index in [0.717, 1.165) is 17.4 Å². The predicted molar refractivity (Wildman–Crippen MR) is 92.1 cm³/mol. The van der Waals surface area contributed by atoms with Gasteiger partial charge in [-0.25, -0.2) is 13.1 Å². The Labute approximate surface area is 146 Å². The lowest BCUT2D eigenvalue weighted by molar-refractivity contribution is -0.137. The summed E-state index contributed by atoms with van der Waals surface area (Å²) in [5.74, 6) is -1.16. The molecule has 0 bridgehead atoms. The summed E-state index contributed by atoms with van der Waals surface area (Å²) in [5.41, 5.74) is 0.166. The Hall–Kier alpha value is -2.23. The molecular formula is C16H21N3O5S. The first-order valence-electron chi connectivity index (χ1n) is 7.94. The second-order valence-corrected chi connectivity index (χ2v) is 7.18. The molecule has 0 saturated heterocycles. The SMILES string of the molecule is CCCCNS(=O)(=O)c1ccccc1NC1=CC(=O)N(CCO)C1=O. The summed E-state index contributed by atoms with van der Waals surface area (Å²) in [4.78, 5) is 24.8. The van der Waals surface area contributed by atoms with Crippen LogP contribution in [0.25, 0.3) is 0 Å². The molecule has 1 aromatic carbocycles. The first kappa shape index (κ1) is 19.1. The van der Waals surface area contributed by atoms with E-state index in [1.165, 1.54) is 12.1 Å². The Bertz CT molecular complexity index is 789. The molecule has 8 nitrogen and oxygen atoms in total. The van der Waals surface area contributed by atoms with Crippen molar-refractivity contribution in [2.45, 2.75) is 24.7 Å². The summed E-state index contributed by atoms with van der Waals surface area (Å²) in [5, 5.41) is 11.6. The van der Waals surface area contributed by atoms with Crippen LogP contribution in [0.1, 0.15) is 19.8 Å². The van der Waals surface area contributed by atoms with Crippen LogP contribution in [0.2, 0.25) is 0 Å². The zero-order valence-corrected chi connectivity index (χ0v) is 14.7. The lowest BCUT2D eigenvalue weighted by Crippen LogP contribution is -2.34. The van der Waals surface area contributed by atoms with Crippen LogP contribution >= 0.6 is 0 Å². The van der Waals surface area contributed by atoms with Gasteiger partial charge in [-0.1, -0.05) is 25.5 Å². The van der Waals surface area contributed by atoms with Gasteiger partial charge in [-0.2, -0.15) is 0 Å². The molecule has 1 aliphatic rings. The number of carbonyl (C=O) groups is 2. The summed E-state index contributed by atoms with van der Waals surface area (Å²) < 4.78 is 27.4. The summed E-state index contributed by atoms with van der Waals surface area (Å²) in [6.45, 7) is 1.82. The number of unbranched alkanes of at least 4 members (excludes halogenated alkanes) is 1. The van der Waals surface area contributed by atoms with E-state index in [0.29, 0.717) is 13.0 Å². The number of β-amino-alcohol motifs (C(OH)–C–C–N with tert-alkyl or cyclic N) is 1. The number of hydrogen-bond donors (Lipinski definition) is 3. The maximum atomic E-state index is 12.4. The molecule has 0 aromatic heterocycles. The van der Waals surface area contributed by atoms with E-state index in [1.807, 2.05) is 6.92 Å². The van der Waals surface area contributed by atoms with E-state index >= 15 is 0 Å². The van der Waals surface area contributed by atoms with Crippen molar-refractivity contribution in [3.63, 3.8) is 0 Å². The number of hydrogen-bond acceptors (Lipinski definition) is 6. The molecule has 3 N–H and O–H groups in total. The molecule has 2 amide bonds. The highest BCUT2D eigenvalue weighted by Gasteiger charge is 2.31. The van der Waals surface area contributed by atoms with Crippen molar-refractivity contribution in [1.29, 1.82) is 0 Å². The second kappa shape index (κ2) is 8.24. The Morgan fingerprint density at radius 2 is 1.92 bits per heavy atom. The summed E-state index contributed by atoms with van der Waals surface area (Å²) in [7, 11) is -3.75. The average Bonchev–Trinajstić information content (AvgIpc) is 2.83. The number of rotatable bonds is 9. The molecule has 0 unspecified atom stereocenters. The number of imide groups is 1. The van der Waals surface area contributed by atoms with Crippen molar-refractivity contribution in [1.82, 2.24) is 9.62 Å². The fraction of sp³-hybridized carbons (Fsp3) is 0.375. The highest BCUT2D eigenvalue weighted by atomic mass is 32.2. The lowest BCUT2D eigenvalue weighted by Gasteiger charge is -2.15. The highest BCUT2D eigenvalue weighted by molar-refractivity contribution is 7.89. The third-order valence-corrected chi connectivity index (χ3v) is 5.12. The molecule has 25 heavy (non-hydrogen) atoms. The number of anilines is 1. The Balaban J connectivity index is 2.23. The summed E-state index contributed by atoms with van der Waals surface area (Å²) in [6, 6.07) is 6.14. The van der Waals surface area contributed by atoms with E-state index in [1.54, 1.807) is 12.1 Å². The molecule has 1 aliphatic heterocycles. The number of aliphatic hydroxyl groups excluding tert-OH is 1. The maximum absolute atomic E-state index is 12.4. The van der Waals surface area contributed by atoms with Gasteiger partial charge in [-0.05, 0) is 18.6 Å². The molecule has 2 rings (SSSR count). The smallest absolute Gasteiger partial charge is 0.277 e. The van der Waals surface area contributed by atoms with E-state index in [4.69, 9.17) is 5.11 Å². The van der Waals surface area contributed by atoms with Gasteiger partial charge < -0.3 is 10.4 Å². The number of nitrogens with zero attached hydrogens (tertiary/aromatic N) is 1. The maximum Gasteiger partial charge on any atom is 0.277 e. The highest BCUT2D eigenvalue weighted by Crippen LogP contribution is 2.24. The standard InChI is InChI=1S/C16H21N3O5S/c1-2-3-8-17-25(23,24)14-7-5-4-6-12(14)18-13-11-15(21)19(9-10-20)16(13)22/h4-7,11,17-18,20H,2-3,8-10H2,1H3. The Morgan fingerprint density at radius 3 is 2.60 bits per heavy atom. The van der Waals surface area contributed by atoms with Crippen LogP contribution in [0.4, 0.5) is 5.69 Å². The van der Waals surface area contributed by atoms with Crippen molar-refractivity contribution in [3.05, 3.63) is 36.0 Å². The topological polar surface area (TPSA) is 116 Å². The van der Waals surface area contributed by atoms with Gasteiger partial charge in [-0.15, -0.1) is 0 Å². The van der Waals surface area contributed by atoms with Gasteiger partial charge in [0.05, 0.1) is 18.8 Å². The van der Waals surface area contributed by atoms with Crippen molar-refractivity contribution < 1.29 is 23.1 Å². The monoisotopic (exact) mass is 367 g/mol. The lowest BCUT2D eigenvalue weighted by atomic mass is 10.3. The summed E-state index contributed by atoms with van der Waals surface area (Å²) in [6.07, 6.45) is 2.65. The first-order chi connectivity index (χ1) is 11.9. The van der Waals surface area contributed by atoms with Gasteiger partial charge >= 0.3 is 0 Å². The Kier molecular flexibility index (Phi) is 6.29. The third-order valence-electron chi connectivity index (χ3n) is 3.60. The van der Waals surface area contributed by atoms with Crippen LogP contribution < -0.4 is 10.0 Å². The minimum Gasteiger partial charge on any atom is -0.395 e. The van der Waals surface area contributed by atoms with Crippen molar-refractivity contribution in [3.8, 4) is 0 Å². The van der Waals surface area contributed by atoms with E-state index in [9.17, 15) is 18.0 Å². The van der Waals surface area contributed by atoms with E-state index in [-0.39, 0.29) is 29.4 Å². The quantitative estimate of drug-likeness (QED) is 0.430. The van der Waals surface area contributed by atoms with E-state index in [2.05, 4.69) is 10.0 Å². The number of carbonyl (C=O) groups excluding carboxylic acids is 2. The average molecular weight is 367 g/mol. The third kappa shape index (κ3) is 4.44. The number of amides is 2. The van der Waals surface area contributed by atoms with Crippen LogP contribution in [-0.4, -0.2) is 49.9 Å². The molecule has 0 aliphatic carbocycles. The van der Waals surface area contributed by atoms with Crippen molar-refractivity contribution >= 4 is 27.5 Å². The molecule has 136 valence electrons. The number of nitrogens with one attached hydrogen (secondary N) is 2. The van der Waals surface area contributed by atoms with Gasteiger partial charge in [-0.3, -0.25) is 14.5 Å². The number of aliphatic hydroxyl groups is 1. The van der Waals surface area contributed by atoms with Gasteiger partial charge in [0, 0.05) is 12.6 Å². The van der Waals surface area contributed by atoms with Crippen molar-refractivity contribution in [2.24, 2.45) is 0 Å². The van der Waals surface area contributed by atoms with Gasteiger partial charge in [0.15, 0.2) is 0 Å². The van der Waals surface area contributed by atoms with Crippen LogP contribution in [-0.2, 0) is 19.6 Å². The number of benzene rings is 1. The van der Waals surface area contributed by atoms with Gasteiger partial charge in [0.25, 0.3) is 11.8 Å². The summed E-state index contributed by atoms with van der Waals surface area (Å²) >= 11 is 0. The molecular weight excluding hydrogens is 346 g/mol. The minimum absolute atomic E-state index is 0.00661. The Morgan fingerprint density at radius 1 is 1.20 bits per heavy atom. The van der Waals surface area contributed by atoms with Crippen molar-refractivity contribution in [2.75, 3.05) is 25.0 Å². The zero-order valence-electron chi connectivity index (χ0n) is 13.9. The molecule has 0 radical (unpaired) electrons. The van der Waals surface area contributed by atoms with Crippen LogP contribution in [0.5, 0.6) is 0 Å². The molecule has 1 aromatic rings. The van der Waals surface area contributed by atoms with Crippen LogP contribution in [0.15, 0.2) is 40.9 Å². The van der Waals surface area contributed by atoms with E-state index < -0.39 is 21.8 Å². The minimum atomic E-state index is -3.75. The fourth-order valence-corrected chi connectivity index (χ4v) is 3.56. The molecule has 0 fully saturated rings. The predicted octanol–water partition coefficient (Wildman–Crippen LogP) is 0.422. The van der Waals surface area contributed by atoms with Gasteiger partial charge in [0.1, 0.15) is 10.6 Å². The zero-order chi connectivity index (χ0) is 18.4. The molecule has 0 atom stereocenters. The number of sulfonamides is 1. The largest absolute Gasteiger partial charge is 0.395 e. The second-order valence-electron chi connectivity index (χ2n) is 5.45. The molecule has 1 heterocycles. The fourth-order valence-electron chi connectivity index (χ4n) is 2.32. The molecule has 9 heteroatoms.